The first-order valence-electron chi connectivity index (χ1n) is 14.9. The lowest BCUT2D eigenvalue weighted by atomic mass is 9.92. The smallest absolute Gasteiger partial charge is 0.374 e. The van der Waals surface area contributed by atoms with Crippen LogP contribution in [0.4, 0.5) is 5.95 Å². The van der Waals surface area contributed by atoms with Crippen molar-refractivity contribution in [1.82, 2.24) is 25.5 Å². The van der Waals surface area contributed by atoms with Crippen LogP contribution in [0.2, 0.25) is 0 Å². The number of esters is 1. The number of anilines is 1. The van der Waals surface area contributed by atoms with Gasteiger partial charge in [-0.05, 0) is 38.8 Å². The van der Waals surface area contributed by atoms with Gasteiger partial charge in [0.25, 0.3) is 0 Å². The Morgan fingerprint density at radius 1 is 1.32 bits per heavy atom. The Morgan fingerprint density at radius 3 is 2.89 bits per heavy atom. The van der Waals surface area contributed by atoms with Crippen LogP contribution in [0.3, 0.4) is 0 Å². The molecule has 44 heavy (non-hydrogen) atoms. The SMILES string of the molecule is CCCOc1c2c(cc3c1/C(=C/Cn1ccnc1N1CN[C@H]4C(=O)N[C@H](N)N[C@@H]41)C=C(C(=O)OCC)O3)O[C@H](C(C)(C)O)C2. The summed E-state index contributed by atoms with van der Waals surface area (Å²) in [4.78, 5) is 31.9. The Bertz CT molecular complexity index is 1510. The highest BCUT2D eigenvalue weighted by molar-refractivity contribution is 5.96. The summed E-state index contributed by atoms with van der Waals surface area (Å²) in [6.45, 7) is 8.58. The van der Waals surface area contributed by atoms with Crippen molar-refractivity contribution >= 4 is 23.4 Å². The van der Waals surface area contributed by atoms with Crippen LogP contribution >= 0.6 is 0 Å². The fourth-order valence-corrected chi connectivity index (χ4v) is 5.84. The highest BCUT2D eigenvalue weighted by Gasteiger charge is 2.44. The molecular weight excluding hydrogens is 570 g/mol. The van der Waals surface area contributed by atoms with Crippen LogP contribution in [0.5, 0.6) is 17.2 Å². The zero-order valence-electron chi connectivity index (χ0n) is 25.3. The van der Waals surface area contributed by atoms with Crippen molar-refractivity contribution in [1.29, 1.82) is 0 Å². The number of ether oxygens (including phenoxy) is 4. The molecule has 6 N–H and O–H groups in total. The lowest BCUT2D eigenvalue weighted by molar-refractivity contribution is -0.141. The van der Waals surface area contributed by atoms with Crippen LogP contribution in [0.15, 0.2) is 36.4 Å². The number of benzene rings is 1. The Hall–Kier alpha value is -4.11. The van der Waals surface area contributed by atoms with Crippen molar-refractivity contribution in [2.24, 2.45) is 5.73 Å². The maximum absolute atomic E-state index is 12.9. The molecule has 2 saturated heterocycles. The van der Waals surface area contributed by atoms with Gasteiger partial charge in [0.15, 0.2) is 0 Å². The molecule has 14 nitrogen and oxygen atoms in total. The van der Waals surface area contributed by atoms with Crippen LogP contribution < -0.4 is 40.8 Å². The number of allylic oxidation sites excluding steroid dienone is 3. The number of hydrogen-bond donors (Lipinski definition) is 5. The average Bonchev–Trinajstić information content (AvgIpc) is 3.72. The lowest BCUT2D eigenvalue weighted by Gasteiger charge is -2.35. The first-order chi connectivity index (χ1) is 21.1. The molecule has 4 aliphatic heterocycles. The molecule has 0 unspecified atom stereocenters. The average molecular weight is 610 g/mol. The fourth-order valence-electron chi connectivity index (χ4n) is 5.84. The van der Waals surface area contributed by atoms with Crippen molar-refractivity contribution in [3.63, 3.8) is 0 Å². The van der Waals surface area contributed by atoms with E-state index < -0.39 is 30.0 Å². The Kier molecular flexibility index (Phi) is 8.01. The first-order valence-corrected chi connectivity index (χ1v) is 14.9. The van der Waals surface area contributed by atoms with Crippen LogP contribution in [0.25, 0.3) is 5.57 Å². The number of nitrogens with two attached hydrogens (primary N) is 1. The summed E-state index contributed by atoms with van der Waals surface area (Å²) < 4.78 is 25.8. The highest BCUT2D eigenvalue weighted by atomic mass is 16.6. The minimum atomic E-state index is -1.09. The van der Waals surface area contributed by atoms with Crippen molar-refractivity contribution in [3.05, 3.63) is 47.5 Å². The van der Waals surface area contributed by atoms with Gasteiger partial charge in [0.2, 0.25) is 17.6 Å². The number of carbonyl (C=O) groups excluding carboxylic acids is 2. The predicted molar refractivity (Wildman–Crippen MR) is 160 cm³/mol. The molecule has 0 radical (unpaired) electrons. The Labute approximate surface area is 255 Å². The van der Waals surface area contributed by atoms with E-state index in [1.807, 2.05) is 28.7 Å². The van der Waals surface area contributed by atoms with E-state index in [0.29, 0.717) is 60.6 Å². The van der Waals surface area contributed by atoms with E-state index in [1.165, 1.54) is 0 Å². The molecule has 0 spiro atoms. The summed E-state index contributed by atoms with van der Waals surface area (Å²) in [5.41, 5.74) is 7.12. The van der Waals surface area contributed by atoms with Gasteiger partial charge in [-0.25, -0.2) is 9.78 Å². The summed E-state index contributed by atoms with van der Waals surface area (Å²) in [5.74, 6) is 1.44. The molecule has 6 rings (SSSR count). The molecule has 1 aromatic heterocycles. The number of aliphatic hydroxyl groups is 1. The zero-order valence-corrected chi connectivity index (χ0v) is 25.3. The largest absolute Gasteiger partial charge is 0.492 e. The number of carbonyl (C=O) groups is 2. The standard InChI is InChI=1S/C30H39N7O7/c1-5-11-42-24-17-13-21(30(3,4)40)44-18(17)14-19-22(24)16(12-20(43-19)27(39)41-6-2)7-9-36-10-8-32-29(36)37-15-33-23-25(37)34-28(31)35-26(23)38/h7-8,10,12,14,21,23,25,28,33-34,40H,5-6,9,11,13,15,31H2,1-4H3,(H,35,38)/b16-7+/t21-,23+,25+,28+/m0/s1. The third-order valence-corrected chi connectivity index (χ3v) is 8.00. The number of aromatic nitrogens is 2. The maximum Gasteiger partial charge on any atom is 0.374 e. The summed E-state index contributed by atoms with van der Waals surface area (Å²) >= 11 is 0. The van der Waals surface area contributed by atoms with E-state index in [2.05, 4.69) is 20.9 Å². The van der Waals surface area contributed by atoms with Gasteiger partial charge in [-0.2, -0.15) is 0 Å². The number of fused-ring (bicyclic) bond motifs is 3. The maximum atomic E-state index is 12.9. The molecule has 1 aromatic carbocycles. The fraction of sp³-hybridized carbons (Fsp3) is 0.500. The second-order valence-electron chi connectivity index (χ2n) is 11.6. The molecule has 0 aliphatic carbocycles. The molecule has 0 saturated carbocycles. The second kappa shape index (κ2) is 11.8. The van der Waals surface area contributed by atoms with Crippen molar-refractivity contribution < 1.29 is 33.6 Å². The first kappa shape index (κ1) is 29.9. The number of nitrogens with one attached hydrogen (secondary N) is 3. The minimum absolute atomic E-state index is 0.0351. The normalized spacial score (nSPS) is 25.0. The van der Waals surface area contributed by atoms with Gasteiger partial charge in [-0.15, -0.1) is 0 Å². The van der Waals surface area contributed by atoms with E-state index in [4.69, 9.17) is 24.7 Å². The minimum Gasteiger partial charge on any atom is -0.492 e. The summed E-state index contributed by atoms with van der Waals surface area (Å²) in [5, 5.41) is 19.8. The van der Waals surface area contributed by atoms with Crippen molar-refractivity contribution in [3.8, 4) is 17.2 Å². The van der Waals surface area contributed by atoms with Crippen LogP contribution in [0.1, 0.15) is 45.2 Å². The van der Waals surface area contributed by atoms with Gasteiger partial charge >= 0.3 is 5.97 Å². The van der Waals surface area contributed by atoms with Crippen LogP contribution in [0, 0.1) is 0 Å². The van der Waals surface area contributed by atoms with Crippen LogP contribution in [-0.2, 0) is 27.3 Å². The zero-order chi connectivity index (χ0) is 31.2. The molecule has 14 heteroatoms. The Balaban J connectivity index is 1.39. The summed E-state index contributed by atoms with van der Waals surface area (Å²) in [6.07, 6.45) is 6.85. The number of imidazole rings is 1. The van der Waals surface area contributed by atoms with Crippen molar-refractivity contribution in [2.75, 3.05) is 24.8 Å². The van der Waals surface area contributed by atoms with Gasteiger partial charge in [0.05, 0.1) is 31.0 Å². The van der Waals surface area contributed by atoms with Gasteiger partial charge < -0.3 is 38.8 Å². The molecule has 4 atom stereocenters. The van der Waals surface area contributed by atoms with E-state index in [0.717, 1.165) is 12.0 Å². The van der Waals surface area contributed by atoms with E-state index in [1.54, 1.807) is 39.1 Å². The third-order valence-electron chi connectivity index (χ3n) is 8.00. The van der Waals surface area contributed by atoms with Crippen LogP contribution in [-0.4, -0.2) is 76.6 Å². The van der Waals surface area contributed by atoms with Gasteiger partial charge in [-0.1, -0.05) is 13.0 Å². The number of amides is 1. The molecular formula is C30H39N7O7. The molecule has 5 heterocycles. The number of hydrogen-bond acceptors (Lipinski definition) is 12. The predicted octanol–water partition coefficient (Wildman–Crippen LogP) is 0.693. The highest BCUT2D eigenvalue weighted by Crippen LogP contribution is 2.50. The number of nitrogens with zero attached hydrogens (tertiary/aromatic N) is 3. The van der Waals surface area contributed by atoms with Gasteiger partial charge in [0, 0.05) is 37.0 Å². The van der Waals surface area contributed by atoms with Crippen molar-refractivity contribution in [2.45, 2.75) is 77.3 Å². The summed E-state index contributed by atoms with van der Waals surface area (Å²) in [6, 6.07) is 1.27. The van der Waals surface area contributed by atoms with Gasteiger partial charge in [0.1, 0.15) is 41.8 Å². The van der Waals surface area contributed by atoms with E-state index >= 15 is 0 Å². The second-order valence-corrected chi connectivity index (χ2v) is 11.6. The molecule has 2 fully saturated rings. The summed E-state index contributed by atoms with van der Waals surface area (Å²) in [7, 11) is 0. The molecule has 2 aromatic rings. The van der Waals surface area contributed by atoms with Gasteiger partial charge in [-0.3, -0.25) is 21.2 Å². The van der Waals surface area contributed by atoms with E-state index in [-0.39, 0.29) is 24.4 Å². The molecule has 4 aliphatic rings. The molecule has 1 amide bonds. The number of rotatable bonds is 9. The molecule has 0 bridgehead atoms. The Morgan fingerprint density at radius 2 is 2.14 bits per heavy atom. The molecule has 236 valence electrons. The monoisotopic (exact) mass is 609 g/mol. The third kappa shape index (κ3) is 5.49. The lowest BCUT2D eigenvalue weighted by Crippen LogP contribution is -2.70. The van der Waals surface area contributed by atoms with E-state index in [9.17, 15) is 14.7 Å². The topological polar surface area (TPSA) is 174 Å². The quantitative estimate of drug-likeness (QED) is 0.252.